The molecule has 10 nitrogen and oxygen atoms in total. The lowest BCUT2D eigenvalue weighted by molar-refractivity contribution is -0.139. The summed E-state index contributed by atoms with van der Waals surface area (Å²) in [6, 6.07) is 16.6. The summed E-state index contributed by atoms with van der Waals surface area (Å²) in [7, 11) is 1.31. The standard InChI is InChI=1S/C39H46N6O4/c1-23(2)24(3)37(46)44-19-5-6-34(44)32-20-29(21-40-32)27-9-7-25(8-10-27)26-11-13-28(14-12-26)33-22-41-36(42-33)35-18-16-30-15-17-31(38(47)45(30)35)43-39(48)49-4/h7-14,21-24,30-31,34-35H,5-6,15-20H2,1-4H3,(H,41,42)(H,43,48)/t24-,30-,31+,34-,35-/m0/s1. The number of rotatable bonds is 8. The maximum atomic E-state index is 13.3. The van der Waals surface area contributed by atoms with Crippen LogP contribution in [0.25, 0.3) is 28.0 Å². The molecule has 3 saturated heterocycles. The molecule has 1 aromatic heterocycles. The minimum absolute atomic E-state index is 0.0211. The van der Waals surface area contributed by atoms with E-state index >= 15 is 0 Å². The predicted molar refractivity (Wildman–Crippen MR) is 189 cm³/mol. The van der Waals surface area contributed by atoms with Crippen LogP contribution in [0.4, 0.5) is 4.79 Å². The zero-order valence-electron chi connectivity index (χ0n) is 28.8. The summed E-state index contributed by atoms with van der Waals surface area (Å²) < 4.78 is 4.72. The molecule has 5 heterocycles. The number of piperidine rings is 1. The predicted octanol–water partition coefficient (Wildman–Crippen LogP) is 6.76. The highest BCUT2D eigenvalue weighted by Gasteiger charge is 2.45. The number of hydrogen-bond acceptors (Lipinski definition) is 6. The number of aromatic nitrogens is 2. The Bertz CT molecular complexity index is 1780. The van der Waals surface area contributed by atoms with Gasteiger partial charge in [-0.3, -0.25) is 14.6 Å². The number of nitrogens with one attached hydrogen (secondary N) is 2. The highest BCUT2D eigenvalue weighted by Crippen LogP contribution is 2.41. The van der Waals surface area contributed by atoms with Crippen LogP contribution in [0.3, 0.4) is 0 Å². The summed E-state index contributed by atoms with van der Waals surface area (Å²) in [5, 5.41) is 2.69. The minimum atomic E-state index is -0.584. The number of carbonyl (C=O) groups excluding carboxylic acids is 3. The molecule has 10 heteroatoms. The molecule has 2 aromatic carbocycles. The molecule has 49 heavy (non-hydrogen) atoms. The molecule has 0 radical (unpaired) electrons. The number of nitrogens with zero attached hydrogens (tertiary/aromatic N) is 4. The molecule has 0 aliphatic carbocycles. The quantitative estimate of drug-likeness (QED) is 0.276. The normalized spacial score (nSPS) is 24.1. The molecule has 0 unspecified atom stereocenters. The average Bonchev–Trinajstić information content (AvgIpc) is 3.95. The first kappa shape index (κ1) is 32.8. The van der Waals surface area contributed by atoms with Crippen LogP contribution in [-0.4, -0.2) is 75.2 Å². The number of likely N-dealkylation sites (tertiary alicyclic amines) is 1. The third kappa shape index (κ3) is 6.40. The second kappa shape index (κ2) is 13.6. The van der Waals surface area contributed by atoms with E-state index in [2.05, 4.69) is 77.6 Å². The van der Waals surface area contributed by atoms with Gasteiger partial charge in [0.15, 0.2) is 0 Å². The summed E-state index contributed by atoms with van der Waals surface area (Å²) in [4.78, 5) is 55.2. The Labute approximate surface area is 288 Å². The summed E-state index contributed by atoms with van der Waals surface area (Å²) >= 11 is 0. The molecule has 3 aromatic rings. The van der Waals surface area contributed by atoms with Crippen molar-refractivity contribution in [1.29, 1.82) is 0 Å². The molecule has 0 bridgehead atoms. The Kier molecular flexibility index (Phi) is 9.13. The van der Waals surface area contributed by atoms with Crippen molar-refractivity contribution in [3.63, 3.8) is 0 Å². The van der Waals surface area contributed by atoms with E-state index < -0.39 is 12.1 Å². The Morgan fingerprint density at radius 1 is 0.898 bits per heavy atom. The van der Waals surface area contributed by atoms with Gasteiger partial charge in [-0.2, -0.15) is 0 Å². The Balaban J connectivity index is 0.979. The topological polar surface area (TPSA) is 120 Å². The molecule has 4 aliphatic heterocycles. The molecule has 7 rings (SSSR count). The average molecular weight is 663 g/mol. The van der Waals surface area contributed by atoms with Crippen LogP contribution < -0.4 is 5.32 Å². The Morgan fingerprint density at radius 3 is 2.27 bits per heavy atom. The van der Waals surface area contributed by atoms with Crippen molar-refractivity contribution >= 4 is 29.2 Å². The first-order valence-electron chi connectivity index (χ1n) is 17.7. The van der Waals surface area contributed by atoms with Gasteiger partial charge in [-0.1, -0.05) is 69.3 Å². The van der Waals surface area contributed by atoms with Crippen molar-refractivity contribution in [1.82, 2.24) is 25.1 Å². The van der Waals surface area contributed by atoms with Crippen LogP contribution in [0.15, 0.2) is 65.9 Å². The third-order valence-electron chi connectivity index (χ3n) is 11.1. The zero-order chi connectivity index (χ0) is 34.2. The number of fused-ring (bicyclic) bond motifs is 1. The molecule has 4 aliphatic rings. The number of methoxy groups -OCH3 is 1. The number of aromatic amines is 1. The van der Waals surface area contributed by atoms with E-state index in [1.807, 2.05) is 24.2 Å². The summed E-state index contributed by atoms with van der Waals surface area (Å²) in [6.45, 7) is 7.09. The fourth-order valence-corrected chi connectivity index (χ4v) is 7.89. The van der Waals surface area contributed by atoms with Gasteiger partial charge in [0, 0.05) is 36.8 Å². The van der Waals surface area contributed by atoms with Gasteiger partial charge >= 0.3 is 6.09 Å². The molecule has 0 saturated carbocycles. The fourth-order valence-electron chi connectivity index (χ4n) is 7.89. The van der Waals surface area contributed by atoms with E-state index in [0.717, 1.165) is 84.6 Å². The number of ether oxygens (including phenoxy) is 1. The van der Waals surface area contributed by atoms with Crippen LogP contribution in [-0.2, 0) is 14.3 Å². The highest BCUT2D eigenvalue weighted by atomic mass is 16.5. The van der Waals surface area contributed by atoms with Crippen molar-refractivity contribution in [2.75, 3.05) is 13.7 Å². The number of amides is 3. The van der Waals surface area contributed by atoms with E-state index in [4.69, 9.17) is 14.7 Å². The maximum absolute atomic E-state index is 13.3. The van der Waals surface area contributed by atoms with Crippen LogP contribution in [0.1, 0.15) is 83.1 Å². The third-order valence-corrected chi connectivity index (χ3v) is 11.1. The molecule has 256 valence electrons. The van der Waals surface area contributed by atoms with Gasteiger partial charge in [0.2, 0.25) is 11.8 Å². The van der Waals surface area contributed by atoms with Crippen molar-refractivity contribution < 1.29 is 19.1 Å². The Hall–Kier alpha value is -4.73. The van der Waals surface area contributed by atoms with Gasteiger partial charge < -0.3 is 24.8 Å². The Morgan fingerprint density at radius 2 is 1.57 bits per heavy atom. The second-order valence-electron chi connectivity index (χ2n) is 14.3. The van der Waals surface area contributed by atoms with Gasteiger partial charge in [0.05, 0.1) is 31.1 Å². The second-order valence-corrected chi connectivity index (χ2v) is 14.3. The van der Waals surface area contributed by atoms with E-state index in [1.165, 1.54) is 12.7 Å². The summed E-state index contributed by atoms with van der Waals surface area (Å²) in [5.41, 5.74) is 7.63. The maximum Gasteiger partial charge on any atom is 0.407 e. The summed E-state index contributed by atoms with van der Waals surface area (Å²) in [5.74, 6) is 1.30. The lowest BCUT2D eigenvalue weighted by Crippen LogP contribution is -2.54. The van der Waals surface area contributed by atoms with E-state index in [-0.39, 0.29) is 35.9 Å². The molecule has 5 atom stereocenters. The molecular formula is C39H46N6O4. The molecular weight excluding hydrogens is 616 g/mol. The highest BCUT2D eigenvalue weighted by molar-refractivity contribution is 6.03. The van der Waals surface area contributed by atoms with Gasteiger partial charge in [0.1, 0.15) is 11.9 Å². The van der Waals surface area contributed by atoms with Gasteiger partial charge in [-0.05, 0) is 72.3 Å². The molecule has 3 fully saturated rings. The number of allylic oxidation sites excluding steroid dienone is 1. The van der Waals surface area contributed by atoms with E-state index in [9.17, 15) is 14.4 Å². The number of H-pyrrole nitrogens is 1. The van der Waals surface area contributed by atoms with Crippen molar-refractivity contribution in [3.8, 4) is 22.4 Å². The fraction of sp³-hybridized carbons (Fsp3) is 0.462. The smallest absolute Gasteiger partial charge is 0.407 e. The van der Waals surface area contributed by atoms with Crippen LogP contribution in [0, 0.1) is 11.8 Å². The van der Waals surface area contributed by atoms with E-state index in [1.54, 1.807) is 0 Å². The SMILES string of the molecule is COC(=O)N[C@@H]1CC[C@H]2CC[C@@H](c3ncc(-c4ccc(-c5ccc(C6=CN=C([C@@H]7CCCN7C(=O)[C@@H](C)C(C)C)C6)cc5)cc4)[nH]3)N2C1=O. The van der Waals surface area contributed by atoms with Crippen molar-refractivity contribution in [2.45, 2.75) is 89.9 Å². The van der Waals surface area contributed by atoms with Crippen LogP contribution in [0.5, 0.6) is 0 Å². The van der Waals surface area contributed by atoms with Crippen LogP contribution >= 0.6 is 0 Å². The number of carbonyl (C=O) groups is 3. The van der Waals surface area contributed by atoms with Crippen LogP contribution in [0.2, 0.25) is 0 Å². The van der Waals surface area contributed by atoms with Gasteiger partial charge in [0.25, 0.3) is 0 Å². The molecule has 3 amide bonds. The molecule has 0 spiro atoms. The number of benzene rings is 2. The minimum Gasteiger partial charge on any atom is -0.453 e. The largest absolute Gasteiger partial charge is 0.453 e. The van der Waals surface area contributed by atoms with Crippen molar-refractivity contribution in [2.24, 2.45) is 16.8 Å². The number of alkyl carbamates (subject to hydrolysis) is 1. The number of aliphatic imine (C=N–C) groups is 1. The lowest BCUT2D eigenvalue weighted by Gasteiger charge is -2.37. The number of imidazole rings is 1. The van der Waals surface area contributed by atoms with E-state index in [0.29, 0.717) is 12.3 Å². The number of hydrogen-bond donors (Lipinski definition) is 2. The van der Waals surface area contributed by atoms with Gasteiger partial charge in [-0.25, -0.2) is 9.78 Å². The lowest BCUT2D eigenvalue weighted by atomic mass is 9.94. The zero-order valence-corrected chi connectivity index (χ0v) is 28.8. The summed E-state index contributed by atoms with van der Waals surface area (Å²) in [6.07, 6.45) is 9.26. The molecule has 2 N–H and O–H groups in total. The first-order valence-corrected chi connectivity index (χ1v) is 17.7. The van der Waals surface area contributed by atoms with Gasteiger partial charge in [-0.15, -0.1) is 0 Å². The van der Waals surface area contributed by atoms with Crippen molar-refractivity contribution in [3.05, 3.63) is 72.3 Å². The monoisotopic (exact) mass is 662 g/mol. The first-order chi connectivity index (χ1) is 23.7.